The number of hydrogen-bond donors (Lipinski definition) is 1. The smallest absolute Gasteiger partial charge is 0.327 e. The van der Waals surface area contributed by atoms with Gasteiger partial charge in [0.15, 0.2) is 5.78 Å². The Hall–Kier alpha value is -3.39. The van der Waals surface area contributed by atoms with Crippen LogP contribution in [0, 0.1) is 17.7 Å². The molecule has 1 N–H and O–H groups in total. The highest BCUT2D eigenvalue weighted by atomic mass is 19.1. The number of hydrogen-bond acceptors (Lipinski definition) is 6. The first-order chi connectivity index (χ1) is 15.8. The van der Waals surface area contributed by atoms with E-state index in [-0.39, 0.29) is 30.1 Å². The Kier molecular flexibility index (Phi) is 5.88. The second kappa shape index (κ2) is 8.51. The van der Waals surface area contributed by atoms with E-state index in [1.807, 2.05) is 0 Å². The summed E-state index contributed by atoms with van der Waals surface area (Å²) in [7, 11) is 0. The molecule has 2 aromatic rings. The van der Waals surface area contributed by atoms with Crippen LogP contribution in [0.3, 0.4) is 0 Å². The van der Waals surface area contributed by atoms with Gasteiger partial charge in [-0.3, -0.25) is 24.5 Å². The molecular weight excluding hydrogens is 427 g/mol. The van der Waals surface area contributed by atoms with Crippen LogP contribution in [0.25, 0.3) is 0 Å². The fourth-order valence-corrected chi connectivity index (χ4v) is 5.03. The number of ketones is 1. The lowest BCUT2D eigenvalue weighted by Crippen LogP contribution is -2.56. The summed E-state index contributed by atoms with van der Waals surface area (Å²) >= 11 is 0. The van der Waals surface area contributed by atoms with E-state index in [0.29, 0.717) is 5.56 Å². The molecule has 2 heterocycles. The lowest BCUT2D eigenvalue weighted by atomic mass is 9.78. The molecule has 4 atom stereocenters. The molecule has 0 unspecified atom stereocenters. The number of Topliss-reactive ketones (excluding diaryl/α,β-unsaturated/α-hetero) is 1. The van der Waals surface area contributed by atoms with Crippen LogP contribution in [0.15, 0.2) is 48.5 Å². The van der Waals surface area contributed by atoms with E-state index in [0.717, 1.165) is 4.90 Å². The van der Waals surface area contributed by atoms with Gasteiger partial charge in [-0.05, 0) is 38.5 Å². The Morgan fingerprint density at radius 3 is 2.45 bits per heavy atom. The lowest BCUT2D eigenvalue weighted by molar-refractivity contribution is -0.154. The van der Waals surface area contributed by atoms with Gasteiger partial charge in [0.2, 0.25) is 11.8 Å². The summed E-state index contributed by atoms with van der Waals surface area (Å²) in [6, 6.07) is 11.3. The molecule has 4 rings (SSSR count). The number of nitrogens with zero attached hydrogens (tertiary/aromatic N) is 1. The number of esters is 1. The predicted molar refractivity (Wildman–Crippen MR) is 118 cm³/mol. The van der Waals surface area contributed by atoms with Crippen LogP contribution in [0.4, 0.5) is 10.1 Å². The molecule has 2 aliphatic heterocycles. The van der Waals surface area contributed by atoms with E-state index in [1.165, 1.54) is 31.2 Å². The molecule has 0 bridgehead atoms. The van der Waals surface area contributed by atoms with Gasteiger partial charge in [-0.25, -0.2) is 9.29 Å². The van der Waals surface area contributed by atoms with Gasteiger partial charge in [0.05, 0.1) is 24.1 Å². The first kappa shape index (κ1) is 22.8. The maximum Gasteiger partial charge on any atom is 0.327 e. The number of rotatable bonds is 6. The van der Waals surface area contributed by atoms with Crippen LogP contribution in [-0.4, -0.2) is 35.7 Å². The van der Waals surface area contributed by atoms with Crippen LogP contribution in [0.2, 0.25) is 0 Å². The third kappa shape index (κ3) is 3.45. The minimum Gasteiger partial charge on any atom is -0.465 e. The molecule has 172 valence electrons. The van der Waals surface area contributed by atoms with Crippen LogP contribution in [0.5, 0.6) is 0 Å². The number of imide groups is 1. The van der Waals surface area contributed by atoms with E-state index in [4.69, 9.17) is 4.74 Å². The maximum absolute atomic E-state index is 14.8. The van der Waals surface area contributed by atoms with Crippen molar-refractivity contribution in [3.05, 3.63) is 65.5 Å². The number of anilines is 1. The minimum atomic E-state index is -1.49. The molecular formula is C25H25FN2O5. The van der Waals surface area contributed by atoms with E-state index in [1.54, 1.807) is 38.1 Å². The van der Waals surface area contributed by atoms with Gasteiger partial charge < -0.3 is 4.74 Å². The van der Waals surface area contributed by atoms with E-state index in [9.17, 15) is 23.6 Å². The lowest BCUT2D eigenvalue weighted by Gasteiger charge is -2.32. The summed E-state index contributed by atoms with van der Waals surface area (Å²) in [5.41, 5.74) is -0.699. The van der Waals surface area contributed by atoms with Gasteiger partial charge in [0.25, 0.3) is 0 Å². The molecule has 0 aromatic heterocycles. The Labute approximate surface area is 190 Å². The zero-order valence-corrected chi connectivity index (χ0v) is 18.6. The zero-order valence-electron chi connectivity index (χ0n) is 18.6. The SMILES string of the molecule is CCOC(=O)[C@]1(CC)N[C@H](c2ccccc2F)[C@@H]2C(=O)N(c3cccc(C(C)=O)c3)C(=O)[C@H]21. The van der Waals surface area contributed by atoms with Gasteiger partial charge >= 0.3 is 5.97 Å². The first-order valence-corrected chi connectivity index (χ1v) is 10.9. The maximum atomic E-state index is 14.8. The number of carbonyl (C=O) groups excluding carboxylic acids is 4. The monoisotopic (exact) mass is 452 g/mol. The standard InChI is InChI=1S/C25H25FN2O5/c1-4-25(24(32)33-5-2)20-19(21(27-25)17-11-6-7-12-18(17)26)22(30)28(23(20)31)16-10-8-9-15(13-16)14(3)29/h6-13,19-21,27H,4-5H2,1-3H3/t19-,20+,21-,25-/m1/s1. The number of fused-ring (bicyclic) bond motifs is 1. The predicted octanol–water partition coefficient (Wildman–Crippen LogP) is 3.19. The van der Waals surface area contributed by atoms with Gasteiger partial charge in [-0.1, -0.05) is 37.3 Å². The van der Waals surface area contributed by atoms with Gasteiger partial charge in [-0.15, -0.1) is 0 Å². The number of halogens is 1. The van der Waals surface area contributed by atoms with Crippen molar-refractivity contribution in [3.8, 4) is 0 Å². The number of amides is 2. The molecule has 0 radical (unpaired) electrons. The van der Waals surface area contributed by atoms with Crippen LogP contribution in [-0.2, 0) is 19.1 Å². The van der Waals surface area contributed by atoms with Crippen molar-refractivity contribution >= 4 is 29.3 Å². The fourth-order valence-electron chi connectivity index (χ4n) is 5.03. The molecule has 7 nitrogen and oxygen atoms in total. The van der Waals surface area contributed by atoms with E-state index in [2.05, 4.69) is 5.32 Å². The largest absolute Gasteiger partial charge is 0.465 e. The third-order valence-corrected chi connectivity index (χ3v) is 6.60. The molecule has 2 aliphatic rings. The highest BCUT2D eigenvalue weighted by Crippen LogP contribution is 2.51. The Morgan fingerprint density at radius 2 is 1.82 bits per heavy atom. The summed E-state index contributed by atoms with van der Waals surface area (Å²) in [6.45, 7) is 4.86. The Morgan fingerprint density at radius 1 is 1.09 bits per heavy atom. The van der Waals surface area contributed by atoms with E-state index >= 15 is 0 Å². The zero-order chi connectivity index (χ0) is 23.9. The average Bonchev–Trinajstić information content (AvgIpc) is 3.28. The second-order valence-electron chi connectivity index (χ2n) is 8.31. The second-order valence-corrected chi connectivity index (χ2v) is 8.31. The summed E-state index contributed by atoms with van der Waals surface area (Å²) < 4.78 is 20.1. The van der Waals surface area contributed by atoms with Crippen molar-refractivity contribution < 1.29 is 28.3 Å². The molecule has 2 aromatic carbocycles. The Bertz CT molecular complexity index is 1150. The number of nitrogens with one attached hydrogen (secondary N) is 1. The molecule has 0 aliphatic carbocycles. The topological polar surface area (TPSA) is 92.8 Å². The van der Waals surface area contributed by atoms with Crippen molar-refractivity contribution in [1.29, 1.82) is 0 Å². The quantitative estimate of drug-likeness (QED) is 0.411. The van der Waals surface area contributed by atoms with Crippen molar-refractivity contribution in [2.45, 2.75) is 38.8 Å². The number of ether oxygens (including phenoxy) is 1. The minimum absolute atomic E-state index is 0.0938. The van der Waals surface area contributed by atoms with E-state index < -0.39 is 47.0 Å². The number of benzene rings is 2. The van der Waals surface area contributed by atoms with Crippen LogP contribution < -0.4 is 10.2 Å². The molecule has 0 spiro atoms. The Balaban J connectivity index is 1.87. The molecule has 2 fully saturated rings. The summed E-state index contributed by atoms with van der Waals surface area (Å²) in [5.74, 6) is -4.63. The van der Waals surface area contributed by atoms with Crippen LogP contribution in [0.1, 0.15) is 49.2 Å². The van der Waals surface area contributed by atoms with Crippen molar-refractivity contribution in [2.75, 3.05) is 11.5 Å². The van der Waals surface area contributed by atoms with Crippen molar-refractivity contribution in [1.82, 2.24) is 5.32 Å². The van der Waals surface area contributed by atoms with Crippen molar-refractivity contribution in [2.24, 2.45) is 11.8 Å². The summed E-state index contributed by atoms with van der Waals surface area (Å²) in [6.07, 6.45) is 0.165. The average molecular weight is 452 g/mol. The molecule has 2 saturated heterocycles. The molecule has 33 heavy (non-hydrogen) atoms. The highest BCUT2D eigenvalue weighted by Gasteiger charge is 2.68. The molecule has 2 amide bonds. The fraction of sp³-hybridized carbons (Fsp3) is 0.360. The van der Waals surface area contributed by atoms with Crippen LogP contribution >= 0.6 is 0 Å². The van der Waals surface area contributed by atoms with Gasteiger partial charge in [-0.2, -0.15) is 0 Å². The van der Waals surface area contributed by atoms with Gasteiger partial charge in [0.1, 0.15) is 11.4 Å². The highest BCUT2D eigenvalue weighted by molar-refractivity contribution is 6.24. The normalized spacial score (nSPS) is 26.4. The number of carbonyl (C=O) groups is 4. The molecule has 8 heteroatoms. The summed E-state index contributed by atoms with van der Waals surface area (Å²) in [5, 5.41) is 3.12. The first-order valence-electron chi connectivity index (χ1n) is 10.9. The molecule has 0 saturated carbocycles. The van der Waals surface area contributed by atoms with Gasteiger partial charge in [0, 0.05) is 17.2 Å². The summed E-state index contributed by atoms with van der Waals surface area (Å²) in [4.78, 5) is 53.4. The third-order valence-electron chi connectivity index (χ3n) is 6.60. The van der Waals surface area contributed by atoms with Crippen molar-refractivity contribution in [3.63, 3.8) is 0 Å².